The number of aliphatic carboxylic acids is 1. The number of aliphatic hydroxyl groups is 7. The molecule has 15 heteroatoms. The third kappa shape index (κ3) is 5.77. The average Bonchev–Trinajstić information content (AvgIpc) is 2.81. The van der Waals surface area contributed by atoms with Crippen molar-refractivity contribution >= 4 is 5.97 Å². The van der Waals surface area contributed by atoms with Crippen LogP contribution in [-0.2, 0) is 33.2 Å². The molecule has 3 heterocycles. The molecule has 0 aromatic carbocycles. The normalized spacial score (nSPS) is 51.2. The molecule has 3 aliphatic heterocycles. The van der Waals surface area contributed by atoms with Crippen molar-refractivity contribution < 1.29 is 74.1 Å². The molecule has 15 nitrogen and oxygen atoms in total. The molecule has 0 aromatic heterocycles. The molecule has 8 N–H and O–H groups in total. The molecule has 204 valence electrons. The van der Waals surface area contributed by atoms with Crippen molar-refractivity contribution in [3.8, 4) is 0 Å². The Bertz CT molecular complexity index is 710. The molecule has 0 radical (unpaired) electrons. The molecular weight excluding hydrogens is 480 g/mol. The minimum atomic E-state index is -1.92. The van der Waals surface area contributed by atoms with Crippen LogP contribution in [0.5, 0.6) is 0 Å². The van der Waals surface area contributed by atoms with E-state index in [9.17, 15) is 40.5 Å². The first-order valence-electron chi connectivity index (χ1n) is 11.1. The van der Waals surface area contributed by atoms with Crippen molar-refractivity contribution in [1.82, 2.24) is 0 Å². The van der Waals surface area contributed by atoms with Crippen LogP contribution >= 0.6 is 0 Å². The summed E-state index contributed by atoms with van der Waals surface area (Å²) in [5, 5.41) is 80.3. The fraction of sp³-hybridized carbons (Fsp3) is 0.950. The van der Waals surface area contributed by atoms with Gasteiger partial charge in [-0.15, -0.1) is 0 Å². The molecule has 0 bridgehead atoms. The van der Waals surface area contributed by atoms with Gasteiger partial charge < -0.3 is 69.3 Å². The van der Waals surface area contributed by atoms with Crippen molar-refractivity contribution in [3.63, 3.8) is 0 Å². The first kappa shape index (κ1) is 28.5. The number of hydrogen-bond donors (Lipinski definition) is 8. The zero-order valence-corrected chi connectivity index (χ0v) is 19.3. The quantitative estimate of drug-likeness (QED) is 0.159. The van der Waals surface area contributed by atoms with Gasteiger partial charge in [0.15, 0.2) is 18.7 Å². The second-order valence-electron chi connectivity index (χ2n) is 8.92. The number of ether oxygens (including phenoxy) is 6. The highest BCUT2D eigenvalue weighted by molar-refractivity contribution is 5.73. The molecule has 3 fully saturated rings. The van der Waals surface area contributed by atoms with Crippen LogP contribution in [-0.4, -0.2) is 152 Å². The molecule has 0 spiro atoms. The van der Waals surface area contributed by atoms with Crippen LogP contribution in [0, 0.1) is 0 Å². The summed E-state index contributed by atoms with van der Waals surface area (Å²) in [6, 6.07) is 0. The minimum Gasteiger partial charge on any atom is -0.479 e. The van der Waals surface area contributed by atoms with Gasteiger partial charge in [-0.25, -0.2) is 4.79 Å². The number of carboxylic acid groups (broad SMARTS) is 1. The lowest BCUT2D eigenvalue weighted by Gasteiger charge is -2.46. The average molecular weight is 514 g/mol. The maximum Gasteiger partial charge on any atom is 0.335 e. The van der Waals surface area contributed by atoms with Gasteiger partial charge in [0.05, 0.1) is 18.8 Å². The lowest BCUT2D eigenvalue weighted by atomic mass is 9.95. The maximum absolute atomic E-state index is 11.2. The zero-order chi connectivity index (χ0) is 26.2. The summed E-state index contributed by atoms with van der Waals surface area (Å²) in [4.78, 5) is 11.2. The number of carbonyl (C=O) groups is 1. The predicted octanol–water partition coefficient (Wildman–Crippen LogP) is -4.73. The van der Waals surface area contributed by atoms with Crippen molar-refractivity contribution in [2.75, 3.05) is 13.7 Å². The highest BCUT2D eigenvalue weighted by Gasteiger charge is 2.51. The van der Waals surface area contributed by atoms with Gasteiger partial charge in [0.2, 0.25) is 0 Å². The molecule has 15 atom stereocenters. The van der Waals surface area contributed by atoms with E-state index in [0.29, 0.717) is 0 Å². The van der Waals surface area contributed by atoms with Crippen molar-refractivity contribution in [2.45, 2.75) is 106 Å². The number of rotatable bonds is 7. The van der Waals surface area contributed by atoms with E-state index < -0.39 is 105 Å². The first-order valence-corrected chi connectivity index (χ1v) is 11.1. The summed E-state index contributed by atoms with van der Waals surface area (Å²) in [6.07, 6.45) is -21.4. The lowest BCUT2D eigenvalue weighted by Crippen LogP contribution is -2.64. The largest absolute Gasteiger partial charge is 0.479 e. The van der Waals surface area contributed by atoms with E-state index in [-0.39, 0.29) is 0 Å². The Kier molecular flexibility index (Phi) is 9.42. The van der Waals surface area contributed by atoms with E-state index >= 15 is 0 Å². The predicted molar refractivity (Wildman–Crippen MR) is 109 cm³/mol. The molecule has 0 saturated carbocycles. The Hall–Kier alpha value is -1.05. The van der Waals surface area contributed by atoms with E-state index in [1.165, 1.54) is 7.11 Å². The molecule has 0 aliphatic carbocycles. The molecule has 35 heavy (non-hydrogen) atoms. The van der Waals surface area contributed by atoms with Gasteiger partial charge in [0.25, 0.3) is 0 Å². The van der Waals surface area contributed by atoms with Gasteiger partial charge in [0.1, 0.15) is 61.0 Å². The summed E-state index contributed by atoms with van der Waals surface area (Å²) in [7, 11) is 1.35. The molecule has 3 aliphatic rings. The summed E-state index contributed by atoms with van der Waals surface area (Å²) in [5.41, 5.74) is 0. The van der Waals surface area contributed by atoms with Gasteiger partial charge in [-0.1, -0.05) is 0 Å². The second-order valence-corrected chi connectivity index (χ2v) is 8.92. The summed E-state index contributed by atoms with van der Waals surface area (Å²) in [5.74, 6) is -1.61. The minimum absolute atomic E-state index is 0.564. The van der Waals surface area contributed by atoms with Crippen molar-refractivity contribution in [1.29, 1.82) is 0 Å². The fourth-order valence-electron chi connectivity index (χ4n) is 4.39. The Labute approximate surface area is 200 Å². The van der Waals surface area contributed by atoms with Crippen molar-refractivity contribution in [3.05, 3.63) is 0 Å². The molecule has 9 unspecified atom stereocenters. The molecule has 3 saturated heterocycles. The van der Waals surface area contributed by atoms with E-state index in [1.807, 2.05) is 0 Å². The number of carboxylic acids is 1. The number of methoxy groups -OCH3 is 1. The Morgan fingerprint density at radius 2 is 1.31 bits per heavy atom. The molecule has 0 aromatic rings. The van der Waals surface area contributed by atoms with E-state index in [0.717, 1.165) is 0 Å². The summed E-state index contributed by atoms with van der Waals surface area (Å²) in [6.45, 7) is 2.70. The van der Waals surface area contributed by atoms with E-state index in [4.69, 9.17) is 33.5 Å². The summed E-state index contributed by atoms with van der Waals surface area (Å²) < 4.78 is 32.6. The standard InChI is InChI=1S/C20H34O15/c1-5-8(21)16(30-3)15(6(2)32-5)34-20-14(27)10(23)9(22)7(33-20)4-31-19-13(26)11(24)12(25)17(35-19)18(28)29/h5-17,19-27H,4H2,1-3H3,(H,28,29)/t5?,6-,7?,8-,9+,10?,11?,12-,13?,14?,15?,16?,17?,19-,20+/m0/s1. The fourth-order valence-corrected chi connectivity index (χ4v) is 4.39. The van der Waals surface area contributed by atoms with Crippen LogP contribution in [0.2, 0.25) is 0 Å². The van der Waals surface area contributed by atoms with Gasteiger partial charge in [-0.2, -0.15) is 0 Å². The molecular formula is C20H34O15. The summed E-state index contributed by atoms with van der Waals surface area (Å²) >= 11 is 0. The third-order valence-electron chi connectivity index (χ3n) is 6.50. The molecule has 3 rings (SSSR count). The van der Waals surface area contributed by atoms with Gasteiger partial charge in [-0.3, -0.25) is 0 Å². The number of aliphatic hydroxyl groups excluding tert-OH is 7. The van der Waals surface area contributed by atoms with Crippen molar-refractivity contribution in [2.24, 2.45) is 0 Å². The Morgan fingerprint density at radius 3 is 1.91 bits per heavy atom. The lowest BCUT2D eigenvalue weighted by molar-refractivity contribution is -0.350. The van der Waals surface area contributed by atoms with Crippen LogP contribution in [0.4, 0.5) is 0 Å². The Morgan fingerprint density at radius 1 is 0.714 bits per heavy atom. The second kappa shape index (κ2) is 11.6. The molecule has 0 amide bonds. The SMILES string of the molecule is COC1C(O[C@H]2OC(CO[C@H]3OC(C(=O)O)[C@@H](O)C(O)C3O)[C@@H](O)C(O)C2O)[C@H](C)OC(C)[C@@H]1O. The smallest absolute Gasteiger partial charge is 0.335 e. The van der Waals surface area contributed by atoms with E-state index in [1.54, 1.807) is 13.8 Å². The van der Waals surface area contributed by atoms with Crippen LogP contribution in [0.1, 0.15) is 13.8 Å². The third-order valence-corrected chi connectivity index (χ3v) is 6.50. The topological polar surface area (TPSA) is 234 Å². The highest BCUT2D eigenvalue weighted by atomic mass is 16.7. The van der Waals surface area contributed by atoms with Crippen LogP contribution in [0.15, 0.2) is 0 Å². The first-order chi connectivity index (χ1) is 16.4. The van der Waals surface area contributed by atoms with Crippen LogP contribution in [0.25, 0.3) is 0 Å². The van der Waals surface area contributed by atoms with Gasteiger partial charge in [0, 0.05) is 7.11 Å². The van der Waals surface area contributed by atoms with Gasteiger partial charge >= 0.3 is 5.97 Å². The van der Waals surface area contributed by atoms with E-state index in [2.05, 4.69) is 0 Å². The number of hydrogen-bond acceptors (Lipinski definition) is 14. The van der Waals surface area contributed by atoms with Crippen LogP contribution in [0.3, 0.4) is 0 Å². The van der Waals surface area contributed by atoms with Crippen LogP contribution < -0.4 is 0 Å². The zero-order valence-electron chi connectivity index (χ0n) is 19.3. The Balaban J connectivity index is 1.68. The van der Waals surface area contributed by atoms with Gasteiger partial charge in [-0.05, 0) is 13.8 Å². The maximum atomic E-state index is 11.2. The highest BCUT2D eigenvalue weighted by Crippen LogP contribution is 2.31. The monoisotopic (exact) mass is 514 g/mol.